The highest BCUT2D eigenvalue weighted by atomic mass is 16.5. The van der Waals surface area contributed by atoms with Gasteiger partial charge in [-0.15, -0.1) is 0 Å². The lowest BCUT2D eigenvalue weighted by Crippen LogP contribution is -2.60. The van der Waals surface area contributed by atoms with Crippen LogP contribution in [-0.4, -0.2) is 252 Å². The van der Waals surface area contributed by atoms with E-state index >= 15 is 0 Å². The quantitative estimate of drug-likeness (QED) is 0.0292. The minimum atomic E-state index is -0.00752. The Labute approximate surface area is 856 Å². The number of nitrogens with zero attached hydrogens (tertiary/aromatic N) is 1. The molecule has 12 fully saturated rings. The molecule has 22 heteroatoms. The van der Waals surface area contributed by atoms with Gasteiger partial charge in [0.05, 0.1) is 18.9 Å². The summed E-state index contributed by atoms with van der Waals surface area (Å²) in [6.07, 6.45) is 45.5. The van der Waals surface area contributed by atoms with Crippen molar-refractivity contribution < 1.29 is 23.7 Å². The Morgan fingerprint density at radius 2 is 0.599 bits per heavy atom. The van der Waals surface area contributed by atoms with Gasteiger partial charge in [-0.3, -0.25) is 26.7 Å². The van der Waals surface area contributed by atoms with E-state index in [0.29, 0.717) is 94.7 Å². The third-order valence-corrected chi connectivity index (χ3v) is 28.0. The Bertz CT molecular complexity index is 2090. The predicted octanol–water partition coefficient (Wildman–Crippen LogP) is 23.2. The summed E-state index contributed by atoms with van der Waals surface area (Å²) >= 11 is 0. The predicted molar refractivity (Wildman–Crippen MR) is 605 cm³/mol. The smallest absolute Gasteiger partial charge is 0.119 e. The zero-order valence-corrected chi connectivity index (χ0v) is 99.5. The highest BCUT2D eigenvalue weighted by molar-refractivity contribution is 4.98. The standard InChI is InChI=1S/4C10H22N2.5C10H21NO.C7H15N.C6H14N2.C6H13N.3C2H6/c1-4-10(12-9(2)3)5-7-11-8-6-10;2*1-4-10(12-9(2)3)6-5-7-11-8-10;1-4-10(12-9(2)3)7-5-6-8-11-10;1-4-10(11-9(2)3)5-7-12-8-6-10;2*1-4-10(11-9(2)3)6-5-7-12-8-10;2*1-4-10(11-9(2)3)7-5-6-8-12-10;1-6(2)8-7-4-3-5-7;1-6(2)7-8-4-3-5-8;1-5(2)7-6-3-4-6;3*1-2/h4*9,11-12H,4-8H2,1-3H3;5*9,11H,4-8H2,1-3H3;6-8H,3-5H2,1-2H3;6-7H,3-5H2,1-2H3;5-7H,3-4H2,1-2H3;3*1-2H3. The molecule has 0 amide bonds. The molecule has 0 aromatic rings. The fourth-order valence-electron chi connectivity index (χ4n) is 20.6. The molecule has 7 atom stereocenters. The van der Waals surface area contributed by atoms with E-state index in [1.54, 1.807) is 0 Å². The van der Waals surface area contributed by atoms with Crippen LogP contribution in [0, 0.1) is 0 Å². The minimum absolute atomic E-state index is 0.00752. The van der Waals surface area contributed by atoms with Crippen molar-refractivity contribution in [3.8, 4) is 0 Å². The zero-order chi connectivity index (χ0) is 104. The Balaban J connectivity index is -0.00000143. The van der Waals surface area contributed by atoms with Gasteiger partial charge in [-0.2, -0.15) is 0 Å². The van der Waals surface area contributed by atoms with Gasteiger partial charge in [-0.1, -0.05) is 221 Å². The van der Waals surface area contributed by atoms with Crippen LogP contribution >= 0.6 is 0 Å². The zero-order valence-electron chi connectivity index (χ0n) is 99.5. The van der Waals surface area contributed by atoms with Gasteiger partial charge in [0, 0.05) is 184 Å². The second-order valence-corrected chi connectivity index (χ2v) is 45.0. The number of hydrogen-bond acceptors (Lipinski definition) is 22. The van der Waals surface area contributed by atoms with Crippen LogP contribution in [0.25, 0.3) is 0 Å². The van der Waals surface area contributed by atoms with Gasteiger partial charge in [-0.25, -0.2) is 5.01 Å². The first-order chi connectivity index (χ1) is 65.0. The molecule has 10 saturated heterocycles. The van der Waals surface area contributed by atoms with Gasteiger partial charge in [-0.05, 0) is 313 Å². The Kier molecular flexibility index (Phi) is 84.0. The molecule has 22 nitrogen and oxygen atoms in total. The molecule has 0 bridgehead atoms. The average molecular weight is 1950 g/mol. The summed E-state index contributed by atoms with van der Waals surface area (Å²) in [7, 11) is 0. The van der Waals surface area contributed by atoms with Crippen molar-refractivity contribution in [3.05, 3.63) is 0 Å². The van der Waals surface area contributed by atoms with Crippen molar-refractivity contribution >= 4 is 0 Å². The fraction of sp³-hybridized carbons (Fsp3) is 1.00. The minimum Gasteiger partial charge on any atom is -0.381 e. The Hall–Kier alpha value is -0.880. The molecule has 137 heavy (non-hydrogen) atoms. The fourth-order valence-corrected chi connectivity index (χ4v) is 20.6. The summed E-state index contributed by atoms with van der Waals surface area (Å²) in [5.41, 5.74) is 5.64. The van der Waals surface area contributed by atoms with E-state index in [0.717, 1.165) is 90.9 Å². The molecule has 7 unspecified atom stereocenters. The third kappa shape index (κ3) is 67.7. The highest BCUT2D eigenvalue weighted by Crippen LogP contribution is 2.32. The van der Waals surface area contributed by atoms with E-state index in [-0.39, 0.29) is 28.2 Å². The Morgan fingerprint density at radius 3 is 0.832 bits per heavy atom. The first-order valence-electron chi connectivity index (χ1n) is 58.9. The highest BCUT2D eigenvalue weighted by Gasteiger charge is 2.38. The van der Waals surface area contributed by atoms with Gasteiger partial charge in [0.1, 0.15) is 11.4 Å². The molecule has 0 spiro atoms. The van der Waals surface area contributed by atoms with Gasteiger partial charge < -0.3 is 82.2 Å². The maximum Gasteiger partial charge on any atom is 0.119 e. The monoisotopic (exact) mass is 1950 g/mol. The first kappa shape index (κ1) is 140. The largest absolute Gasteiger partial charge is 0.381 e. The molecule has 12 rings (SSSR count). The van der Waals surface area contributed by atoms with Crippen molar-refractivity contribution in [1.29, 1.82) is 0 Å². The Morgan fingerprint density at radius 1 is 0.255 bits per heavy atom. The molecule has 0 radical (unpaired) electrons. The second-order valence-electron chi connectivity index (χ2n) is 45.0. The molecule has 2 aliphatic carbocycles. The van der Waals surface area contributed by atoms with Crippen molar-refractivity contribution in [2.24, 2.45) is 0 Å². The van der Waals surface area contributed by atoms with Crippen LogP contribution in [0.1, 0.15) is 501 Å². The van der Waals surface area contributed by atoms with Crippen LogP contribution in [0.2, 0.25) is 0 Å². The topological polar surface area (TPSA) is 242 Å². The summed E-state index contributed by atoms with van der Waals surface area (Å²) in [4.78, 5) is 0. The number of ether oxygens (including phenoxy) is 5. The SMILES string of the molecule is CC.CC.CC.CC(C)NC1CC1.CC(C)NC1CCC1.CC(C)NN1CCC1.CCC1(NC(C)C)CCCCN1.CCC1(NC(C)C)CCCCO1.CCC1(NC(C)C)CCCCO1.CCC1(NC(C)C)CCCNC1.CCC1(NC(C)C)CCCNC1.CCC1(NC(C)C)CCCOC1.CCC1(NC(C)C)CCCOC1.CCC1(NC(C)C)CCNCC1.CCC1(NC(C)C)CCOCC1. The summed E-state index contributed by atoms with van der Waals surface area (Å²) < 4.78 is 28.0. The van der Waals surface area contributed by atoms with E-state index in [9.17, 15) is 0 Å². The molecule has 828 valence electrons. The molecule has 0 aromatic carbocycles. The number of hydrazine groups is 1. The van der Waals surface area contributed by atoms with Crippen molar-refractivity contribution in [2.45, 2.75) is 636 Å². The summed E-state index contributed by atoms with van der Waals surface area (Å²) in [5, 5.41) is 55.8. The van der Waals surface area contributed by atoms with Crippen LogP contribution in [0.5, 0.6) is 0 Å². The molecule has 0 aromatic heterocycles. The van der Waals surface area contributed by atoms with Crippen molar-refractivity contribution in [2.75, 3.05) is 112 Å². The number of rotatable bonds is 33. The summed E-state index contributed by atoms with van der Waals surface area (Å²) in [6.45, 7) is 103. The summed E-state index contributed by atoms with van der Waals surface area (Å²) in [5.74, 6) is 0. The maximum absolute atomic E-state index is 5.81. The lowest BCUT2D eigenvalue weighted by Gasteiger charge is -2.40. The summed E-state index contributed by atoms with van der Waals surface area (Å²) in [6, 6.07) is 8.85. The van der Waals surface area contributed by atoms with Crippen LogP contribution in [0.4, 0.5) is 0 Å². The molecule has 10 heterocycles. The van der Waals surface area contributed by atoms with Crippen molar-refractivity contribution in [3.63, 3.8) is 0 Å². The van der Waals surface area contributed by atoms with Gasteiger partial charge in [0.25, 0.3) is 0 Å². The van der Waals surface area contributed by atoms with E-state index in [2.05, 4.69) is 319 Å². The lowest BCUT2D eigenvalue weighted by molar-refractivity contribution is -0.108. The van der Waals surface area contributed by atoms with E-state index in [1.807, 2.05) is 41.5 Å². The molecular weight excluding hydrogens is 1700 g/mol. The first-order valence-corrected chi connectivity index (χ1v) is 58.9. The van der Waals surface area contributed by atoms with Crippen LogP contribution in [0.3, 0.4) is 0 Å². The van der Waals surface area contributed by atoms with Gasteiger partial charge in [0.2, 0.25) is 0 Å². The molecule has 12 aliphatic rings. The van der Waals surface area contributed by atoms with Gasteiger partial charge >= 0.3 is 0 Å². The molecule has 2 saturated carbocycles. The van der Waals surface area contributed by atoms with Gasteiger partial charge in [0.15, 0.2) is 0 Å². The third-order valence-electron chi connectivity index (χ3n) is 28.0. The molecular formula is C115H253N17O5. The number of hydrogen-bond donors (Lipinski definition) is 16. The molecule has 10 aliphatic heterocycles. The number of piperidine rings is 4. The normalized spacial score (nSPS) is 26.7. The van der Waals surface area contributed by atoms with E-state index in [4.69, 9.17) is 23.7 Å². The van der Waals surface area contributed by atoms with Crippen molar-refractivity contribution in [1.82, 2.24) is 90.2 Å². The number of nitrogens with one attached hydrogen (secondary N) is 16. The second kappa shape index (κ2) is 82.0. The van der Waals surface area contributed by atoms with Crippen LogP contribution in [-0.2, 0) is 23.7 Å². The van der Waals surface area contributed by atoms with Crippen LogP contribution in [0.15, 0.2) is 0 Å². The van der Waals surface area contributed by atoms with E-state index in [1.165, 1.54) is 264 Å². The molecule has 16 N–H and O–H groups in total. The maximum atomic E-state index is 5.81. The van der Waals surface area contributed by atoms with Crippen LogP contribution < -0.4 is 85.2 Å². The average Bonchev–Trinajstić information content (AvgIpc) is 1.18. The van der Waals surface area contributed by atoms with E-state index < -0.39 is 0 Å². The lowest BCUT2D eigenvalue weighted by atomic mass is 9.85.